The number of carbonyl (C=O) groups excluding carboxylic acids is 1. The number of aryl methyl sites for hydroxylation is 2. The third-order valence-corrected chi connectivity index (χ3v) is 5.35. The number of imidazole rings is 1. The Morgan fingerprint density at radius 3 is 2.77 bits per heavy atom. The van der Waals surface area contributed by atoms with Crippen LogP contribution in [0.15, 0.2) is 48.8 Å². The van der Waals surface area contributed by atoms with E-state index in [0.29, 0.717) is 17.3 Å². The molecule has 0 atom stereocenters. The Labute approximate surface area is 185 Å². The number of aromatic nitrogens is 4. The summed E-state index contributed by atoms with van der Waals surface area (Å²) >= 11 is 6.06. The van der Waals surface area contributed by atoms with Gasteiger partial charge in [0.15, 0.2) is 0 Å². The fourth-order valence-electron chi connectivity index (χ4n) is 3.51. The fourth-order valence-corrected chi connectivity index (χ4v) is 3.68. The number of hydrogen-bond acceptors (Lipinski definition) is 5. The second-order valence-electron chi connectivity index (χ2n) is 7.20. The lowest BCUT2D eigenvalue weighted by atomic mass is 10.1. The summed E-state index contributed by atoms with van der Waals surface area (Å²) < 4.78 is 14.7. The molecule has 0 spiro atoms. The van der Waals surface area contributed by atoms with E-state index in [4.69, 9.17) is 21.1 Å². The Bertz CT molecular complexity index is 1250. The number of nitrogens with zero attached hydrogens (tertiary/aromatic N) is 4. The zero-order valence-corrected chi connectivity index (χ0v) is 18.4. The van der Waals surface area contributed by atoms with Crippen LogP contribution in [-0.4, -0.2) is 32.4 Å². The van der Waals surface area contributed by atoms with Crippen LogP contribution in [0.4, 0.5) is 0 Å². The van der Waals surface area contributed by atoms with Gasteiger partial charge in [0.25, 0.3) is 0 Å². The fraction of sp³-hybridized carbons (Fsp3) is 0.261. The first kappa shape index (κ1) is 20.9. The molecule has 0 saturated heterocycles. The van der Waals surface area contributed by atoms with Crippen molar-refractivity contribution in [1.29, 1.82) is 0 Å². The van der Waals surface area contributed by atoms with Crippen molar-refractivity contribution in [2.24, 2.45) is 7.05 Å². The van der Waals surface area contributed by atoms with Crippen molar-refractivity contribution >= 4 is 28.6 Å². The third kappa shape index (κ3) is 4.41. The summed E-state index contributed by atoms with van der Waals surface area (Å²) in [6, 6.07) is 13.1. The minimum Gasteiger partial charge on any atom is -0.496 e. The Balaban J connectivity index is 1.47. The molecule has 0 radical (unpaired) electrons. The van der Waals surface area contributed by atoms with Crippen molar-refractivity contribution in [3.63, 3.8) is 0 Å². The molecule has 0 aliphatic carbocycles. The van der Waals surface area contributed by atoms with E-state index in [-0.39, 0.29) is 19.0 Å². The highest BCUT2D eigenvalue weighted by atomic mass is 35.5. The molecular weight excluding hydrogens is 416 g/mol. The topological polar surface area (TPSA) is 71.2 Å². The van der Waals surface area contributed by atoms with Gasteiger partial charge in [-0.15, -0.1) is 0 Å². The number of halogens is 1. The maximum Gasteiger partial charge on any atom is 0.312 e. The summed E-state index contributed by atoms with van der Waals surface area (Å²) in [5.74, 6) is 0.317. The number of methoxy groups -OCH3 is 1. The van der Waals surface area contributed by atoms with E-state index >= 15 is 0 Å². The average molecular weight is 439 g/mol. The molecule has 0 bridgehead atoms. The van der Waals surface area contributed by atoms with Gasteiger partial charge in [-0.3, -0.25) is 9.48 Å². The quantitative estimate of drug-likeness (QED) is 0.400. The van der Waals surface area contributed by atoms with Crippen molar-refractivity contribution in [2.45, 2.75) is 26.5 Å². The van der Waals surface area contributed by atoms with Crippen molar-refractivity contribution in [2.75, 3.05) is 7.11 Å². The zero-order chi connectivity index (χ0) is 22.0. The average Bonchev–Trinajstić information content (AvgIpc) is 3.35. The molecule has 7 nitrogen and oxygen atoms in total. The molecule has 2 aromatic heterocycles. The van der Waals surface area contributed by atoms with Gasteiger partial charge in [0.1, 0.15) is 12.4 Å². The first-order valence-corrected chi connectivity index (χ1v) is 10.3. The zero-order valence-electron chi connectivity index (χ0n) is 17.6. The van der Waals surface area contributed by atoms with Gasteiger partial charge < -0.3 is 14.0 Å². The summed E-state index contributed by atoms with van der Waals surface area (Å²) in [5, 5.41) is 5.21. The van der Waals surface area contributed by atoms with Crippen LogP contribution in [-0.2, 0) is 36.2 Å². The molecule has 0 amide bonds. The third-order valence-electron chi connectivity index (χ3n) is 5.12. The summed E-state index contributed by atoms with van der Waals surface area (Å²) in [6.07, 6.45) is 1.89. The predicted molar refractivity (Wildman–Crippen MR) is 119 cm³/mol. The summed E-state index contributed by atoms with van der Waals surface area (Å²) in [4.78, 5) is 16.8. The van der Waals surface area contributed by atoms with Gasteiger partial charge in [-0.25, -0.2) is 4.98 Å². The van der Waals surface area contributed by atoms with E-state index in [9.17, 15) is 4.79 Å². The van der Waals surface area contributed by atoms with E-state index in [0.717, 1.165) is 33.5 Å². The minimum atomic E-state index is -0.315. The highest BCUT2D eigenvalue weighted by Crippen LogP contribution is 2.32. The monoisotopic (exact) mass is 438 g/mol. The Hall–Kier alpha value is -3.32. The van der Waals surface area contributed by atoms with Crippen LogP contribution in [0, 0.1) is 0 Å². The lowest BCUT2D eigenvalue weighted by Gasteiger charge is -2.07. The molecule has 0 N–H and O–H groups in total. The maximum absolute atomic E-state index is 12.5. The normalized spacial score (nSPS) is 11.1. The molecule has 8 heteroatoms. The molecule has 160 valence electrons. The van der Waals surface area contributed by atoms with Crippen LogP contribution in [0.25, 0.3) is 22.3 Å². The van der Waals surface area contributed by atoms with Crippen LogP contribution >= 0.6 is 11.6 Å². The van der Waals surface area contributed by atoms with Crippen LogP contribution in [0.3, 0.4) is 0 Å². The lowest BCUT2D eigenvalue weighted by Crippen LogP contribution is -2.12. The molecule has 4 rings (SSSR count). The molecule has 31 heavy (non-hydrogen) atoms. The van der Waals surface area contributed by atoms with Crippen LogP contribution < -0.4 is 4.74 Å². The minimum absolute atomic E-state index is 0.128. The number of hydrogen-bond donors (Lipinski definition) is 0. The van der Waals surface area contributed by atoms with Gasteiger partial charge in [0.2, 0.25) is 0 Å². The van der Waals surface area contributed by atoms with Gasteiger partial charge in [0, 0.05) is 24.2 Å². The van der Waals surface area contributed by atoms with E-state index in [1.807, 2.05) is 48.9 Å². The highest BCUT2D eigenvalue weighted by molar-refractivity contribution is 6.30. The largest absolute Gasteiger partial charge is 0.496 e. The van der Waals surface area contributed by atoms with Crippen LogP contribution in [0.2, 0.25) is 5.02 Å². The Morgan fingerprint density at radius 1 is 1.16 bits per heavy atom. The summed E-state index contributed by atoms with van der Waals surface area (Å²) in [7, 11) is 3.53. The molecule has 0 unspecified atom stereocenters. The molecule has 0 saturated carbocycles. The number of benzene rings is 2. The first-order valence-electron chi connectivity index (χ1n) is 9.94. The van der Waals surface area contributed by atoms with E-state index in [2.05, 4.69) is 10.1 Å². The van der Waals surface area contributed by atoms with Gasteiger partial charge in [0.05, 0.1) is 42.3 Å². The summed E-state index contributed by atoms with van der Waals surface area (Å²) in [5.41, 5.74) is 5.12. The molecule has 0 fully saturated rings. The van der Waals surface area contributed by atoms with Crippen molar-refractivity contribution in [1.82, 2.24) is 19.3 Å². The maximum atomic E-state index is 12.5. The van der Waals surface area contributed by atoms with Crippen LogP contribution in [0.1, 0.15) is 18.2 Å². The second kappa shape index (κ2) is 8.81. The van der Waals surface area contributed by atoms with Gasteiger partial charge in [-0.2, -0.15) is 5.10 Å². The number of esters is 1. The predicted octanol–water partition coefficient (Wildman–Crippen LogP) is 4.40. The van der Waals surface area contributed by atoms with Gasteiger partial charge >= 0.3 is 5.97 Å². The molecule has 2 aromatic carbocycles. The SMILES string of the molecule is CCn1nc(-c2ccc(Cl)cc2OC)cc1CC(=O)OCc1ccc2c(c1)ncn2C. The summed E-state index contributed by atoms with van der Waals surface area (Å²) in [6.45, 7) is 2.81. The van der Waals surface area contributed by atoms with Crippen LogP contribution in [0.5, 0.6) is 5.75 Å². The Kier molecular flexibility index (Phi) is 5.95. The van der Waals surface area contributed by atoms with Crippen molar-refractivity contribution < 1.29 is 14.3 Å². The first-order chi connectivity index (χ1) is 15.0. The standard InChI is InChI=1S/C23H23ClN4O3/c1-4-28-17(11-19(26-28)18-7-6-16(24)10-22(18)30-3)12-23(29)31-13-15-5-8-21-20(9-15)25-14-27(21)2/h5-11,14H,4,12-13H2,1-3H3. The number of ether oxygens (including phenoxy) is 2. The number of fused-ring (bicyclic) bond motifs is 1. The lowest BCUT2D eigenvalue weighted by molar-refractivity contribution is -0.144. The number of rotatable bonds is 7. The molecular formula is C23H23ClN4O3. The Morgan fingerprint density at radius 2 is 2.00 bits per heavy atom. The smallest absolute Gasteiger partial charge is 0.312 e. The van der Waals surface area contributed by atoms with E-state index in [1.165, 1.54) is 0 Å². The molecule has 0 aliphatic heterocycles. The van der Waals surface area contributed by atoms with E-state index in [1.54, 1.807) is 30.3 Å². The molecule has 4 aromatic rings. The van der Waals surface area contributed by atoms with Gasteiger partial charge in [-0.1, -0.05) is 17.7 Å². The highest BCUT2D eigenvalue weighted by Gasteiger charge is 2.16. The second-order valence-corrected chi connectivity index (χ2v) is 7.63. The van der Waals surface area contributed by atoms with E-state index < -0.39 is 0 Å². The van der Waals surface area contributed by atoms with Crippen molar-refractivity contribution in [3.8, 4) is 17.0 Å². The van der Waals surface area contributed by atoms with Gasteiger partial charge in [-0.05, 0) is 48.9 Å². The molecule has 0 aliphatic rings. The number of carbonyl (C=O) groups is 1. The van der Waals surface area contributed by atoms with Crippen molar-refractivity contribution in [3.05, 3.63) is 65.1 Å². The molecule has 2 heterocycles.